The van der Waals surface area contributed by atoms with Gasteiger partial charge in [0.25, 0.3) is 5.91 Å². The lowest BCUT2D eigenvalue weighted by Crippen LogP contribution is -2.50. The molecule has 0 spiro atoms. The van der Waals surface area contributed by atoms with Crippen LogP contribution < -0.4 is 10.6 Å². The lowest BCUT2D eigenvalue weighted by atomic mass is 10.1. The number of phenols is 1. The normalized spacial score (nSPS) is 12.2. The van der Waals surface area contributed by atoms with E-state index in [1.807, 2.05) is 0 Å². The average molecular weight is 343 g/mol. The van der Waals surface area contributed by atoms with Gasteiger partial charge in [0.2, 0.25) is 0 Å². The number of aromatic hydroxyl groups is 1. The van der Waals surface area contributed by atoms with Crippen molar-refractivity contribution in [2.24, 2.45) is 0 Å². The molecule has 1 atom stereocenters. The van der Waals surface area contributed by atoms with Crippen molar-refractivity contribution in [2.75, 3.05) is 0 Å². The van der Waals surface area contributed by atoms with Crippen LogP contribution in [0.25, 0.3) is 0 Å². The van der Waals surface area contributed by atoms with Crippen molar-refractivity contribution in [1.82, 2.24) is 10.6 Å². The predicted molar refractivity (Wildman–Crippen MR) is 84.4 cm³/mol. The molecule has 0 aromatic heterocycles. The van der Waals surface area contributed by atoms with Gasteiger partial charge in [0.05, 0.1) is 0 Å². The molecule has 3 amide bonds. The summed E-state index contributed by atoms with van der Waals surface area (Å²) in [4.78, 5) is 35.3. The van der Waals surface area contributed by atoms with E-state index in [2.05, 4.69) is 10.6 Å². The lowest BCUT2D eigenvalue weighted by molar-refractivity contribution is -0.127. The van der Waals surface area contributed by atoms with E-state index in [0.29, 0.717) is 0 Å². The first-order chi connectivity index (χ1) is 10.5. The second kappa shape index (κ2) is 7.32. The maximum absolute atomic E-state index is 11.9. The van der Waals surface area contributed by atoms with Crippen LogP contribution in [0, 0.1) is 0 Å². The van der Waals surface area contributed by atoms with Crippen molar-refractivity contribution in [1.29, 1.82) is 0 Å². The van der Waals surface area contributed by atoms with E-state index in [9.17, 15) is 19.5 Å². The van der Waals surface area contributed by atoms with Crippen molar-refractivity contribution in [2.45, 2.75) is 39.3 Å². The number of halogens is 1. The number of rotatable bonds is 3. The molecule has 0 radical (unpaired) electrons. The van der Waals surface area contributed by atoms with E-state index in [4.69, 9.17) is 16.3 Å². The van der Waals surface area contributed by atoms with Crippen LogP contribution in [0.2, 0.25) is 5.02 Å². The van der Waals surface area contributed by atoms with Crippen LogP contribution in [0.15, 0.2) is 18.2 Å². The molecule has 7 nitrogen and oxygen atoms in total. The van der Waals surface area contributed by atoms with Crippen LogP contribution in [0.5, 0.6) is 5.75 Å². The Bertz CT molecular complexity index is 625. The SMILES string of the molecule is C[C@@H](OC(=O)c1ccc(Cl)cc1O)C(=O)NC(=O)NC(C)(C)C. The second-order valence-electron chi connectivity index (χ2n) is 5.90. The Morgan fingerprint density at radius 3 is 2.39 bits per heavy atom. The molecule has 0 aliphatic carbocycles. The monoisotopic (exact) mass is 342 g/mol. The highest BCUT2D eigenvalue weighted by atomic mass is 35.5. The first-order valence-electron chi connectivity index (χ1n) is 6.82. The third kappa shape index (κ3) is 6.15. The Balaban J connectivity index is 2.64. The summed E-state index contributed by atoms with van der Waals surface area (Å²) >= 11 is 5.67. The molecule has 126 valence electrons. The highest BCUT2D eigenvalue weighted by Gasteiger charge is 2.23. The smallest absolute Gasteiger partial charge is 0.342 e. The van der Waals surface area contributed by atoms with Gasteiger partial charge in [0.15, 0.2) is 6.10 Å². The van der Waals surface area contributed by atoms with E-state index < -0.39 is 29.6 Å². The molecule has 0 aliphatic rings. The molecule has 0 aliphatic heterocycles. The first-order valence-corrected chi connectivity index (χ1v) is 7.20. The van der Waals surface area contributed by atoms with E-state index in [1.54, 1.807) is 20.8 Å². The molecule has 0 saturated carbocycles. The molecule has 1 rings (SSSR count). The van der Waals surface area contributed by atoms with Crippen LogP contribution in [0.4, 0.5) is 4.79 Å². The number of urea groups is 1. The number of carbonyl (C=O) groups excluding carboxylic acids is 3. The minimum absolute atomic E-state index is 0.131. The number of carbonyl (C=O) groups is 3. The van der Waals surface area contributed by atoms with Crippen molar-refractivity contribution in [3.05, 3.63) is 28.8 Å². The van der Waals surface area contributed by atoms with Crippen LogP contribution in [0.3, 0.4) is 0 Å². The van der Waals surface area contributed by atoms with Crippen molar-refractivity contribution in [3.63, 3.8) is 0 Å². The van der Waals surface area contributed by atoms with Crippen molar-refractivity contribution in [3.8, 4) is 5.75 Å². The van der Waals surface area contributed by atoms with Gasteiger partial charge < -0.3 is 15.2 Å². The molecule has 0 saturated heterocycles. The summed E-state index contributed by atoms with van der Waals surface area (Å²) < 4.78 is 4.92. The number of amides is 3. The van der Waals surface area contributed by atoms with Crippen molar-refractivity contribution < 1.29 is 24.2 Å². The molecular weight excluding hydrogens is 324 g/mol. The predicted octanol–water partition coefficient (Wildman–Crippen LogP) is 2.22. The molecular formula is C15H19ClN2O5. The van der Waals surface area contributed by atoms with Gasteiger partial charge in [-0.3, -0.25) is 10.1 Å². The molecule has 0 bridgehead atoms. The van der Waals surface area contributed by atoms with Gasteiger partial charge in [-0.15, -0.1) is 0 Å². The third-order valence-corrected chi connectivity index (χ3v) is 2.79. The van der Waals surface area contributed by atoms with Crippen LogP contribution in [0.1, 0.15) is 38.1 Å². The van der Waals surface area contributed by atoms with Crippen LogP contribution in [-0.2, 0) is 9.53 Å². The summed E-state index contributed by atoms with van der Waals surface area (Å²) in [5.74, 6) is -2.05. The number of ether oxygens (including phenoxy) is 1. The summed E-state index contributed by atoms with van der Waals surface area (Å²) in [7, 11) is 0. The van der Waals surface area contributed by atoms with E-state index in [-0.39, 0.29) is 16.3 Å². The summed E-state index contributed by atoms with van der Waals surface area (Å²) in [5.41, 5.74) is -0.646. The van der Waals surface area contributed by atoms with E-state index in [0.717, 1.165) is 0 Å². The lowest BCUT2D eigenvalue weighted by Gasteiger charge is -2.21. The minimum atomic E-state index is -1.22. The Labute approximate surface area is 139 Å². The van der Waals surface area contributed by atoms with Crippen LogP contribution >= 0.6 is 11.6 Å². The van der Waals surface area contributed by atoms with Gasteiger partial charge in [0, 0.05) is 10.6 Å². The van der Waals surface area contributed by atoms with Gasteiger partial charge >= 0.3 is 12.0 Å². The molecule has 3 N–H and O–H groups in total. The van der Waals surface area contributed by atoms with Gasteiger partial charge in [-0.25, -0.2) is 9.59 Å². The number of hydrogen-bond acceptors (Lipinski definition) is 5. The van der Waals surface area contributed by atoms with Crippen molar-refractivity contribution >= 4 is 29.5 Å². The minimum Gasteiger partial charge on any atom is -0.507 e. The van der Waals surface area contributed by atoms with E-state index in [1.165, 1.54) is 25.1 Å². The zero-order chi connectivity index (χ0) is 17.8. The number of phenolic OH excluding ortho intramolecular Hbond substituents is 1. The average Bonchev–Trinajstić information content (AvgIpc) is 2.35. The zero-order valence-corrected chi connectivity index (χ0v) is 14.0. The maximum atomic E-state index is 11.9. The number of nitrogens with one attached hydrogen (secondary N) is 2. The summed E-state index contributed by atoms with van der Waals surface area (Å²) in [5, 5.41) is 14.5. The third-order valence-electron chi connectivity index (χ3n) is 2.56. The largest absolute Gasteiger partial charge is 0.507 e. The Morgan fingerprint density at radius 1 is 1.26 bits per heavy atom. The topological polar surface area (TPSA) is 105 Å². The number of hydrogen-bond donors (Lipinski definition) is 3. The molecule has 23 heavy (non-hydrogen) atoms. The molecule has 0 heterocycles. The Kier molecular flexibility index (Phi) is 5.98. The highest BCUT2D eigenvalue weighted by Crippen LogP contribution is 2.22. The molecule has 1 aromatic rings. The Hall–Kier alpha value is -2.28. The number of imide groups is 1. The van der Waals surface area contributed by atoms with Gasteiger partial charge in [-0.1, -0.05) is 11.6 Å². The maximum Gasteiger partial charge on any atom is 0.342 e. The zero-order valence-electron chi connectivity index (χ0n) is 13.3. The fourth-order valence-corrected chi connectivity index (χ4v) is 1.71. The molecule has 8 heteroatoms. The summed E-state index contributed by atoms with van der Waals surface area (Å²) in [6, 6.07) is 3.16. The van der Waals surface area contributed by atoms with Crippen LogP contribution in [-0.4, -0.2) is 34.7 Å². The fraction of sp³-hybridized carbons (Fsp3) is 0.400. The fourth-order valence-electron chi connectivity index (χ4n) is 1.54. The van der Waals surface area contributed by atoms with Gasteiger partial charge in [-0.05, 0) is 45.9 Å². The quantitative estimate of drug-likeness (QED) is 0.730. The van der Waals surface area contributed by atoms with Gasteiger partial charge in [-0.2, -0.15) is 0 Å². The summed E-state index contributed by atoms with van der Waals surface area (Å²) in [6.07, 6.45) is -1.22. The molecule has 0 fully saturated rings. The molecule has 0 unspecified atom stereocenters. The highest BCUT2D eigenvalue weighted by molar-refractivity contribution is 6.30. The Morgan fingerprint density at radius 2 is 1.87 bits per heavy atom. The van der Waals surface area contributed by atoms with E-state index >= 15 is 0 Å². The van der Waals surface area contributed by atoms with Gasteiger partial charge in [0.1, 0.15) is 11.3 Å². The molecule has 1 aromatic carbocycles. The second-order valence-corrected chi connectivity index (χ2v) is 6.34. The first kappa shape index (κ1) is 18.8. The summed E-state index contributed by atoms with van der Waals surface area (Å²) in [6.45, 7) is 6.57. The number of benzene rings is 1. The standard InChI is InChI=1S/C15H19ClN2O5/c1-8(12(20)17-14(22)18-15(2,3)4)23-13(21)10-6-5-9(16)7-11(10)19/h5-8,19H,1-4H3,(H2,17,18,20,22)/t8-/m1/s1. The number of esters is 1.